The van der Waals surface area contributed by atoms with Gasteiger partial charge in [0.15, 0.2) is 5.91 Å². The Labute approximate surface area is 154 Å². The van der Waals surface area contributed by atoms with Gasteiger partial charge in [-0.05, 0) is 7.05 Å². The summed E-state index contributed by atoms with van der Waals surface area (Å²) in [6, 6.07) is 0. The molecule has 129 valence electrons. The van der Waals surface area contributed by atoms with Gasteiger partial charge in [0.1, 0.15) is 0 Å². The Morgan fingerprint density at radius 2 is 1.75 bits per heavy atom. The van der Waals surface area contributed by atoms with E-state index in [1.54, 1.807) is 6.92 Å². The van der Waals surface area contributed by atoms with Crippen molar-refractivity contribution in [2.45, 2.75) is 27.2 Å². The van der Waals surface area contributed by atoms with Gasteiger partial charge in [0.05, 0.1) is 6.61 Å². The van der Waals surface area contributed by atoms with E-state index < -0.39 is 0 Å². The molecular weight excluding hydrogens is 526 g/mol. The third-order valence-electron chi connectivity index (χ3n) is 0.959. The molecule has 0 atom stereocenters. The molecule has 0 aliphatic carbocycles. The van der Waals surface area contributed by atoms with E-state index in [0.717, 1.165) is 5.01 Å². The SMILES string of the molecule is CC.CN(N)[C-]=O.[Ag].[CH2-]C.[CH2-]COCCC(=O)N[CH2-].[W]. The van der Waals surface area contributed by atoms with E-state index in [0.29, 0.717) is 19.6 Å². The first-order chi connectivity index (χ1) is 8.58. The summed E-state index contributed by atoms with van der Waals surface area (Å²) >= 11 is 0. The van der Waals surface area contributed by atoms with Crippen LogP contribution in [0.5, 0.6) is 0 Å². The van der Waals surface area contributed by atoms with Crippen molar-refractivity contribution >= 4 is 12.3 Å². The molecule has 8 heteroatoms. The van der Waals surface area contributed by atoms with Crippen LogP contribution in [-0.2, 0) is 57.8 Å². The molecule has 0 saturated heterocycles. The number of carbonyl (C=O) groups is 1. The van der Waals surface area contributed by atoms with Crippen LogP contribution in [0.4, 0.5) is 0 Å². The number of ether oxygens (including phenoxy) is 1. The molecule has 0 rings (SSSR count). The van der Waals surface area contributed by atoms with Crippen molar-refractivity contribution in [3.63, 3.8) is 0 Å². The van der Waals surface area contributed by atoms with Crippen LogP contribution in [-0.4, -0.2) is 37.6 Å². The first kappa shape index (κ1) is 37.0. The normalized spacial score (nSPS) is 6.40. The summed E-state index contributed by atoms with van der Waals surface area (Å²) < 4.78 is 4.81. The zero-order chi connectivity index (χ0) is 15.4. The largest absolute Gasteiger partial charge is 0.518 e. The van der Waals surface area contributed by atoms with Crippen LogP contribution in [0.25, 0.3) is 0 Å². The fourth-order valence-corrected chi connectivity index (χ4v) is 0.355. The molecule has 20 heavy (non-hydrogen) atoms. The number of nitrogens with zero attached hydrogens (tertiary/aromatic N) is 1. The summed E-state index contributed by atoms with van der Waals surface area (Å²) in [6.07, 6.45) is 1.75. The van der Waals surface area contributed by atoms with E-state index >= 15 is 0 Å². The van der Waals surface area contributed by atoms with E-state index in [9.17, 15) is 9.59 Å². The molecule has 1 radical (unpaired) electrons. The van der Waals surface area contributed by atoms with E-state index in [-0.39, 0.29) is 49.4 Å². The van der Waals surface area contributed by atoms with Crippen LogP contribution in [0.15, 0.2) is 0 Å². The maximum Gasteiger partial charge on any atom is 0.193 e. The van der Waals surface area contributed by atoms with Crippen molar-refractivity contribution in [3.8, 4) is 0 Å². The predicted molar refractivity (Wildman–Crippen MR) is 74.3 cm³/mol. The number of amides is 2. The number of carbonyl (C=O) groups excluding carboxylic acids is 2. The van der Waals surface area contributed by atoms with Gasteiger partial charge in [-0.15, -0.1) is 6.41 Å². The minimum atomic E-state index is -0.108. The molecule has 0 aromatic heterocycles. The topological polar surface area (TPSA) is 84.7 Å². The second kappa shape index (κ2) is 42.7. The molecule has 0 unspecified atom stereocenters. The number of nitrogens with two attached hydrogens (primary N) is 1. The summed E-state index contributed by atoms with van der Waals surface area (Å²) in [5.74, 6) is 4.59. The Balaban J connectivity index is -0.0000000387. The summed E-state index contributed by atoms with van der Waals surface area (Å²) in [4.78, 5) is 19.6. The standard InChI is InChI=1S/C6H11NO2.C2H5N2O.C2H6.C2H5.Ag.W/c1-3-9-5-4-6(8)7-2;1-4(3)2-5;2*1-2;;/h1-5H2,(H,7,8);3H2,1H3;1-2H3;1H2,2H3;;/q-2;-1;;-1;;. The second-order valence-electron chi connectivity index (χ2n) is 2.16. The van der Waals surface area contributed by atoms with Gasteiger partial charge < -0.3 is 33.7 Å². The quantitative estimate of drug-likeness (QED) is 0.101. The Kier molecular flexibility index (Phi) is 79.0. The molecular formula is C12H27AgN3O3W-4. The van der Waals surface area contributed by atoms with Crippen molar-refractivity contribution in [2.75, 3.05) is 20.3 Å². The molecule has 3 N–H and O–H groups in total. The zero-order valence-corrected chi connectivity index (χ0v) is 17.1. The van der Waals surface area contributed by atoms with Crippen molar-refractivity contribution in [1.29, 1.82) is 0 Å². The van der Waals surface area contributed by atoms with Crippen molar-refractivity contribution in [2.24, 2.45) is 5.84 Å². The molecule has 0 spiro atoms. The Morgan fingerprint density at radius 1 is 1.40 bits per heavy atom. The maximum absolute atomic E-state index is 10.4. The second-order valence-corrected chi connectivity index (χ2v) is 2.16. The van der Waals surface area contributed by atoms with Gasteiger partial charge in [-0.1, -0.05) is 20.5 Å². The maximum atomic E-state index is 10.4. The summed E-state index contributed by atoms with van der Waals surface area (Å²) in [5, 5.41) is 3.05. The molecule has 0 aromatic rings. The monoisotopic (exact) mass is 552 g/mol. The molecule has 0 aliphatic rings. The van der Waals surface area contributed by atoms with Crippen molar-refractivity contribution < 1.29 is 57.8 Å². The average Bonchev–Trinajstić information content (AvgIpc) is 2.44. The minimum absolute atomic E-state index is 0. The molecule has 6 nitrogen and oxygen atoms in total. The third kappa shape index (κ3) is 63.4. The fraction of sp³-hybridized carbons (Fsp3) is 0.583. The number of hydrogen-bond donors (Lipinski definition) is 2. The predicted octanol–water partition coefficient (Wildman–Crippen LogP) is 0.856. The molecule has 0 aromatic carbocycles. The van der Waals surface area contributed by atoms with Crippen molar-refractivity contribution in [3.05, 3.63) is 20.9 Å². The van der Waals surface area contributed by atoms with Crippen LogP contribution >= 0.6 is 0 Å². The van der Waals surface area contributed by atoms with Gasteiger partial charge in [-0.25, -0.2) is 0 Å². The fourth-order valence-electron chi connectivity index (χ4n) is 0.355. The summed E-state index contributed by atoms with van der Waals surface area (Å²) in [6.45, 7) is 13.3. The molecule has 0 bridgehead atoms. The molecule has 2 amide bonds. The average molecular weight is 553 g/mol. The zero-order valence-electron chi connectivity index (χ0n) is 12.7. The van der Waals surface area contributed by atoms with E-state index in [1.807, 2.05) is 13.8 Å². The third-order valence-corrected chi connectivity index (χ3v) is 0.959. The van der Waals surface area contributed by atoms with Gasteiger partial charge in [-0.2, -0.15) is 6.92 Å². The number of nitrogens with one attached hydrogen (secondary N) is 1. The van der Waals surface area contributed by atoms with Crippen LogP contribution in [0.2, 0.25) is 0 Å². The first-order valence-corrected chi connectivity index (χ1v) is 5.58. The van der Waals surface area contributed by atoms with Gasteiger partial charge in [0.2, 0.25) is 0 Å². The first-order valence-electron chi connectivity index (χ1n) is 5.58. The van der Waals surface area contributed by atoms with Gasteiger partial charge in [-0.3, -0.25) is 17.7 Å². The van der Waals surface area contributed by atoms with E-state index in [4.69, 9.17) is 10.6 Å². The molecule has 0 fully saturated rings. The van der Waals surface area contributed by atoms with Crippen LogP contribution in [0.3, 0.4) is 0 Å². The Hall–Kier alpha value is 0.289. The van der Waals surface area contributed by atoms with Gasteiger partial charge >= 0.3 is 0 Å². The van der Waals surface area contributed by atoms with Crippen LogP contribution in [0, 0.1) is 20.9 Å². The van der Waals surface area contributed by atoms with Crippen molar-refractivity contribution in [1.82, 2.24) is 10.3 Å². The van der Waals surface area contributed by atoms with Crippen LogP contribution < -0.4 is 11.2 Å². The number of rotatable bonds is 5. The molecule has 0 aliphatic heterocycles. The molecule has 0 saturated carbocycles. The Bertz CT molecular complexity index is 165. The number of hydrogen-bond acceptors (Lipinski definition) is 4. The molecule has 0 heterocycles. The summed E-state index contributed by atoms with van der Waals surface area (Å²) in [5.41, 5.74) is 0. The van der Waals surface area contributed by atoms with Gasteiger partial charge in [0.25, 0.3) is 0 Å². The Morgan fingerprint density at radius 3 is 1.95 bits per heavy atom. The smallest absolute Gasteiger partial charge is 0.193 e. The number of hydrazine groups is 1. The minimum Gasteiger partial charge on any atom is -0.518 e. The van der Waals surface area contributed by atoms with Crippen LogP contribution in [0.1, 0.15) is 27.2 Å². The van der Waals surface area contributed by atoms with Gasteiger partial charge in [0, 0.05) is 49.9 Å². The summed E-state index contributed by atoms with van der Waals surface area (Å²) in [7, 11) is 4.60. The van der Waals surface area contributed by atoms with E-state index in [2.05, 4.69) is 26.2 Å². The van der Waals surface area contributed by atoms with E-state index in [1.165, 1.54) is 13.5 Å².